The molecule has 3 aliphatic heterocycles. The lowest BCUT2D eigenvalue weighted by atomic mass is 9.32. The molecule has 0 amide bonds. The summed E-state index contributed by atoms with van der Waals surface area (Å²) in [6.45, 7) is 14.4. The van der Waals surface area contributed by atoms with E-state index < -0.39 is 0 Å². The minimum absolute atomic E-state index is 0.173. The molecule has 5 aromatic rings. The highest BCUT2D eigenvalue weighted by molar-refractivity contribution is 6.98. The van der Waals surface area contributed by atoms with Gasteiger partial charge in [0, 0.05) is 11.4 Å². The van der Waals surface area contributed by atoms with Crippen LogP contribution in [-0.2, 0) is 0 Å². The van der Waals surface area contributed by atoms with Gasteiger partial charge < -0.3 is 9.80 Å². The molecule has 278 valence electrons. The second-order valence-corrected chi connectivity index (χ2v) is 18.5. The lowest BCUT2D eigenvalue weighted by Gasteiger charge is -2.52. The van der Waals surface area contributed by atoms with Crippen LogP contribution in [0.2, 0.25) is 0 Å². The summed E-state index contributed by atoms with van der Waals surface area (Å²) in [6, 6.07) is 32.3. The smallest absolute Gasteiger partial charge is 0.247 e. The van der Waals surface area contributed by atoms with Crippen LogP contribution in [-0.4, -0.2) is 13.4 Å². The summed E-state index contributed by atoms with van der Waals surface area (Å²) in [5, 5.41) is 0. The first kappa shape index (κ1) is 34.5. The van der Waals surface area contributed by atoms with Gasteiger partial charge in [0.2, 0.25) is 13.4 Å². The number of fused-ring (bicyclic) bond motifs is 6. The maximum Gasteiger partial charge on any atom is 0.247 e. The minimum Gasteiger partial charge on any atom is -0.308 e. The second kappa shape index (κ2) is 12.9. The van der Waals surface area contributed by atoms with Crippen LogP contribution in [0.3, 0.4) is 0 Å². The molecule has 2 fully saturated rings. The van der Waals surface area contributed by atoms with Gasteiger partial charge in [-0.1, -0.05) is 142 Å². The van der Waals surface area contributed by atoms with Crippen molar-refractivity contribution in [1.29, 1.82) is 0 Å². The summed E-state index contributed by atoms with van der Waals surface area (Å²) >= 11 is 0. The predicted octanol–water partition coefficient (Wildman–Crippen LogP) is 10.1. The molecule has 2 nitrogen and oxygen atoms in total. The van der Waals surface area contributed by atoms with E-state index in [1.165, 1.54) is 146 Å². The number of para-hydroxylation sites is 1. The van der Waals surface area contributed by atoms with E-state index in [9.17, 15) is 0 Å². The van der Waals surface area contributed by atoms with E-state index in [1.807, 2.05) is 0 Å². The first-order chi connectivity index (χ1) is 27.3. The van der Waals surface area contributed by atoms with Gasteiger partial charge in [-0.15, -0.1) is 0 Å². The van der Waals surface area contributed by atoms with Gasteiger partial charge in [-0.25, -0.2) is 0 Å². The predicted molar refractivity (Wildman–Crippen MR) is 241 cm³/mol. The molecule has 0 unspecified atom stereocenters. The molecular weight excluding hydrogens is 674 g/mol. The second-order valence-electron chi connectivity index (χ2n) is 18.5. The summed E-state index contributed by atoms with van der Waals surface area (Å²) in [4.78, 5) is 5.45. The van der Waals surface area contributed by atoms with Gasteiger partial charge >= 0.3 is 0 Å². The number of aryl methyl sites for hydroxylation is 6. The van der Waals surface area contributed by atoms with Gasteiger partial charge in [0.25, 0.3) is 0 Å². The molecule has 0 N–H and O–H groups in total. The molecule has 0 radical (unpaired) electrons. The van der Waals surface area contributed by atoms with E-state index in [0.29, 0.717) is 11.8 Å². The topological polar surface area (TPSA) is 6.48 Å². The molecule has 5 aromatic carbocycles. The highest BCUT2D eigenvalue weighted by Gasteiger charge is 2.49. The van der Waals surface area contributed by atoms with Crippen LogP contribution in [0.15, 0.2) is 102 Å². The minimum atomic E-state index is 0.173. The summed E-state index contributed by atoms with van der Waals surface area (Å²) in [5.74, 6) is 1.34. The molecule has 2 saturated carbocycles. The third kappa shape index (κ3) is 5.03. The van der Waals surface area contributed by atoms with Crippen LogP contribution in [0, 0.1) is 41.5 Å². The Morgan fingerprint density at radius 1 is 0.518 bits per heavy atom. The Balaban J connectivity index is 1.21. The van der Waals surface area contributed by atoms with E-state index in [0.717, 1.165) is 12.8 Å². The summed E-state index contributed by atoms with van der Waals surface area (Å²) in [7, 11) is 0. The largest absolute Gasteiger partial charge is 0.308 e. The molecule has 4 heteroatoms. The molecule has 0 aromatic heterocycles. The number of hydrogen-bond acceptors (Lipinski definition) is 2. The standard InChI is InChI=1S/C52H54B2N2/c1-31-25-33(3)49(34(4)26-31)53-41-17-11-19-47-51(41)55(45-23-21-39(29-43(45)53)37-13-7-8-14-37)48-20-12-18-42-52(48)56(47)46-24-22-40(38-15-9-10-16-38)30-44(46)54(42)50-35(5)27-32(2)28-36(50)6/h11,17,19-30,37-38H,7-10,12-16,18H2,1-6H3. The zero-order chi connectivity index (χ0) is 38.0. The van der Waals surface area contributed by atoms with E-state index in [1.54, 1.807) is 16.6 Å². The summed E-state index contributed by atoms with van der Waals surface area (Å²) < 4.78 is 0. The number of hydrogen-bond donors (Lipinski definition) is 0. The third-order valence-electron chi connectivity index (χ3n) is 14.8. The molecule has 3 heterocycles. The van der Waals surface area contributed by atoms with Crippen LogP contribution in [0.1, 0.15) is 121 Å². The average Bonchev–Trinajstić information content (AvgIpc) is 3.93. The van der Waals surface area contributed by atoms with Gasteiger partial charge in [-0.3, -0.25) is 0 Å². The maximum atomic E-state index is 2.72. The van der Waals surface area contributed by atoms with E-state index in [2.05, 4.69) is 136 Å². The Kier molecular flexibility index (Phi) is 7.97. The highest BCUT2D eigenvalue weighted by Crippen LogP contribution is 2.54. The van der Waals surface area contributed by atoms with Crippen LogP contribution < -0.4 is 37.1 Å². The van der Waals surface area contributed by atoms with Gasteiger partial charge in [-0.05, 0) is 138 Å². The molecule has 0 saturated heterocycles. The highest BCUT2D eigenvalue weighted by atomic mass is 15.3. The molecular formula is C52H54B2N2. The fourth-order valence-corrected chi connectivity index (χ4v) is 12.8. The number of nitrogens with zero attached hydrogens (tertiary/aromatic N) is 2. The van der Waals surface area contributed by atoms with Crippen LogP contribution in [0.25, 0.3) is 0 Å². The number of benzene rings is 5. The van der Waals surface area contributed by atoms with Crippen molar-refractivity contribution in [3.05, 3.63) is 146 Å². The average molecular weight is 729 g/mol. The molecule has 3 aliphatic carbocycles. The lowest BCUT2D eigenvalue weighted by Crippen LogP contribution is -2.61. The molecule has 0 spiro atoms. The van der Waals surface area contributed by atoms with Crippen molar-refractivity contribution in [2.75, 3.05) is 9.80 Å². The van der Waals surface area contributed by atoms with Gasteiger partial charge in [0.1, 0.15) is 0 Å². The Morgan fingerprint density at radius 2 is 1.04 bits per heavy atom. The van der Waals surface area contributed by atoms with Crippen LogP contribution in [0.5, 0.6) is 0 Å². The Labute approximate surface area is 335 Å². The van der Waals surface area contributed by atoms with Gasteiger partial charge in [0.05, 0.1) is 22.8 Å². The first-order valence-corrected chi connectivity index (χ1v) is 21.9. The quantitative estimate of drug-likeness (QED) is 0.170. The normalized spacial score (nSPS) is 18.6. The third-order valence-corrected chi connectivity index (χ3v) is 14.8. The SMILES string of the molecule is Cc1cc(C)c(B2C3=C4C(=CCC3)N3c5ccc(C6CCCC6)cc5B(c5c(C)cc(C)cc5C)c5cccc(c53)N4c3ccc(C4CCCC4)cc32)c(C)c1. The molecule has 0 atom stereocenters. The summed E-state index contributed by atoms with van der Waals surface area (Å²) in [6.07, 6.45) is 15.4. The van der Waals surface area contributed by atoms with Crippen molar-refractivity contribution in [2.24, 2.45) is 0 Å². The van der Waals surface area contributed by atoms with E-state index >= 15 is 0 Å². The number of rotatable bonds is 4. The Morgan fingerprint density at radius 3 is 1.61 bits per heavy atom. The Hall–Kier alpha value is -4.69. The van der Waals surface area contributed by atoms with Crippen molar-refractivity contribution in [2.45, 2.75) is 118 Å². The Bertz CT molecular complexity index is 2500. The molecule has 0 bridgehead atoms. The van der Waals surface area contributed by atoms with Gasteiger partial charge in [-0.2, -0.15) is 0 Å². The van der Waals surface area contributed by atoms with Crippen LogP contribution >= 0.6 is 0 Å². The molecule has 56 heavy (non-hydrogen) atoms. The first-order valence-electron chi connectivity index (χ1n) is 21.9. The number of anilines is 4. The van der Waals surface area contributed by atoms with Crippen LogP contribution in [0.4, 0.5) is 22.7 Å². The van der Waals surface area contributed by atoms with Crippen molar-refractivity contribution < 1.29 is 0 Å². The lowest BCUT2D eigenvalue weighted by molar-refractivity contribution is 0.723. The van der Waals surface area contributed by atoms with Crippen molar-refractivity contribution in [3.63, 3.8) is 0 Å². The fourth-order valence-electron chi connectivity index (χ4n) is 12.8. The molecule has 6 aliphatic rings. The monoisotopic (exact) mass is 728 g/mol. The van der Waals surface area contributed by atoms with Crippen molar-refractivity contribution in [3.8, 4) is 0 Å². The summed E-state index contributed by atoms with van der Waals surface area (Å²) in [5.41, 5.74) is 28.8. The zero-order valence-corrected chi connectivity index (χ0v) is 34.4. The maximum absolute atomic E-state index is 2.72. The number of allylic oxidation sites excluding steroid dienone is 2. The zero-order valence-electron chi connectivity index (χ0n) is 34.4. The molecule has 11 rings (SSSR count). The van der Waals surface area contributed by atoms with E-state index in [4.69, 9.17) is 0 Å². The fraction of sp³-hybridized carbons (Fsp3) is 0.346. The van der Waals surface area contributed by atoms with Crippen molar-refractivity contribution in [1.82, 2.24) is 0 Å². The van der Waals surface area contributed by atoms with Gasteiger partial charge in [0.15, 0.2) is 0 Å². The van der Waals surface area contributed by atoms with E-state index in [-0.39, 0.29) is 13.4 Å². The van der Waals surface area contributed by atoms with Crippen molar-refractivity contribution >= 4 is 63.5 Å².